The van der Waals surface area contributed by atoms with Crippen molar-refractivity contribution in [1.82, 2.24) is 9.88 Å². The van der Waals surface area contributed by atoms with Crippen molar-refractivity contribution in [2.24, 2.45) is 17.1 Å². The largest absolute Gasteiger partial charge is 0.480 e. The second kappa shape index (κ2) is 11.0. The van der Waals surface area contributed by atoms with Crippen molar-refractivity contribution in [2.45, 2.75) is 70.6 Å². The number of hydrogen-bond acceptors (Lipinski definition) is 6. The summed E-state index contributed by atoms with van der Waals surface area (Å²) < 4.78 is 6.22. The van der Waals surface area contributed by atoms with E-state index in [1.165, 1.54) is 4.90 Å². The van der Waals surface area contributed by atoms with Crippen LogP contribution in [0.4, 0.5) is 0 Å². The fourth-order valence-corrected chi connectivity index (χ4v) is 5.16. The molecule has 0 bridgehead atoms. The van der Waals surface area contributed by atoms with E-state index >= 15 is 0 Å². The highest BCUT2D eigenvalue weighted by Gasteiger charge is 2.44. The predicted octanol–water partition coefficient (Wildman–Crippen LogP) is 3.61. The van der Waals surface area contributed by atoms with Gasteiger partial charge < -0.3 is 25.6 Å². The number of fused-ring (bicyclic) bond motifs is 1. The molecule has 1 aromatic carbocycles. The average molecular weight is 496 g/mol. The van der Waals surface area contributed by atoms with E-state index in [4.69, 9.17) is 10.5 Å². The monoisotopic (exact) mass is 495 g/mol. The van der Waals surface area contributed by atoms with Crippen molar-refractivity contribution in [2.75, 3.05) is 13.2 Å². The van der Waals surface area contributed by atoms with Gasteiger partial charge in [-0.25, -0.2) is 9.78 Å². The average Bonchev–Trinajstić information content (AvgIpc) is 3.54. The van der Waals surface area contributed by atoms with Gasteiger partial charge in [-0.2, -0.15) is 0 Å². The van der Waals surface area contributed by atoms with Crippen LogP contribution < -0.4 is 10.5 Å². The minimum atomic E-state index is -1.04. The minimum Gasteiger partial charge on any atom is -0.480 e. The van der Waals surface area contributed by atoms with E-state index in [0.717, 1.165) is 48.4 Å². The summed E-state index contributed by atoms with van der Waals surface area (Å²) in [5, 5.41) is 21.0. The Hall–Kier alpha value is -2.97. The Morgan fingerprint density at radius 3 is 2.72 bits per heavy atom. The molecular weight excluding hydrogens is 458 g/mol. The number of ether oxygens (including phenoxy) is 1. The first kappa shape index (κ1) is 26.1. The fraction of sp³-hybridized carbons (Fsp3) is 0.536. The van der Waals surface area contributed by atoms with E-state index < -0.39 is 24.2 Å². The molecule has 1 aromatic heterocycles. The van der Waals surface area contributed by atoms with Gasteiger partial charge in [0.2, 0.25) is 11.8 Å². The van der Waals surface area contributed by atoms with Crippen LogP contribution in [0, 0.1) is 11.3 Å². The Morgan fingerprint density at radius 1 is 1.28 bits per heavy atom. The van der Waals surface area contributed by atoms with Crippen LogP contribution in [0.15, 0.2) is 36.5 Å². The number of likely N-dealkylation sites (tertiary alicyclic amines) is 1. The number of nitrogens with zero attached hydrogens (tertiary/aromatic N) is 2. The van der Waals surface area contributed by atoms with Gasteiger partial charge in [0.25, 0.3) is 0 Å². The molecule has 0 radical (unpaired) electrons. The Bertz CT molecular complexity index is 1130. The number of aliphatic hydroxyl groups excluding tert-OH is 1. The highest BCUT2D eigenvalue weighted by atomic mass is 16.5. The summed E-state index contributed by atoms with van der Waals surface area (Å²) in [5.74, 6) is -0.815. The summed E-state index contributed by atoms with van der Waals surface area (Å²) >= 11 is 0. The van der Waals surface area contributed by atoms with Gasteiger partial charge in [-0.3, -0.25) is 4.79 Å². The van der Waals surface area contributed by atoms with Crippen LogP contribution in [0.3, 0.4) is 0 Å². The van der Waals surface area contributed by atoms with Crippen molar-refractivity contribution >= 4 is 28.7 Å². The quantitative estimate of drug-likeness (QED) is 0.485. The summed E-state index contributed by atoms with van der Waals surface area (Å²) in [5.41, 5.74) is 7.06. The molecule has 1 aliphatic carbocycles. The first-order valence-corrected chi connectivity index (χ1v) is 12.8. The molecule has 8 heteroatoms. The number of carboxylic acids is 1. The number of carboxylic acid groups (broad SMARTS) is 1. The molecule has 1 saturated heterocycles. The lowest BCUT2D eigenvalue weighted by atomic mass is 9.90. The SMILES string of the molecule is CC(C)(CO)C/C=C/c1ccc2ccnc(O[C@@H]3C[C@@H](C(=O)O)N(C(=O)[C@@H](N)C4CCCC4)C3)c2c1. The number of carbonyl (C=O) groups excluding carboxylic acids is 1. The Balaban J connectivity index is 1.51. The zero-order chi connectivity index (χ0) is 25.9. The van der Waals surface area contributed by atoms with Crippen LogP contribution >= 0.6 is 0 Å². The number of benzene rings is 1. The standard InChI is InChI=1S/C28H37N3O5/c1-28(2,17-32)12-5-6-18-9-10-19-11-13-30-25(22(19)14-18)36-21-15-23(27(34)35)31(16-21)26(33)24(29)20-7-3-4-8-20/h5-6,9-11,13-14,20-21,23-24,32H,3-4,7-8,12,15-17,29H2,1-2H3,(H,34,35)/b6-5+/t21-,23+,24+/m1/s1. The number of rotatable bonds is 9. The molecule has 8 nitrogen and oxygen atoms in total. The molecule has 4 rings (SSSR count). The van der Waals surface area contributed by atoms with Gasteiger partial charge in [-0.1, -0.05) is 51.0 Å². The van der Waals surface area contributed by atoms with Crippen LogP contribution in [0.5, 0.6) is 5.88 Å². The minimum absolute atomic E-state index is 0.112. The lowest BCUT2D eigenvalue weighted by Gasteiger charge is -2.27. The Kier molecular flexibility index (Phi) is 7.95. The lowest BCUT2D eigenvalue weighted by molar-refractivity contribution is -0.149. The van der Waals surface area contributed by atoms with E-state index in [2.05, 4.69) is 4.98 Å². The van der Waals surface area contributed by atoms with E-state index in [-0.39, 0.29) is 36.8 Å². The molecule has 2 heterocycles. The number of pyridine rings is 1. The third kappa shape index (κ3) is 5.87. The van der Waals surface area contributed by atoms with Gasteiger partial charge in [0, 0.05) is 24.6 Å². The van der Waals surface area contributed by atoms with Gasteiger partial charge >= 0.3 is 5.97 Å². The Morgan fingerprint density at radius 2 is 2.03 bits per heavy atom. The summed E-state index contributed by atoms with van der Waals surface area (Å²) in [4.78, 5) is 30.9. The van der Waals surface area contributed by atoms with Gasteiger partial charge in [-0.15, -0.1) is 0 Å². The molecule has 1 amide bonds. The number of aromatic nitrogens is 1. The number of allylic oxidation sites excluding steroid dienone is 1. The lowest BCUT2D eigenvalue weighted by Crippen LogP contribution is -2.51. The molecule has 1 saturated carbocycles. The Labute approximate surface area is 212 Å². The molecule has 2 fully saturated rings. The number of nitrogens with two attached hydrogens (primary N) is 1. The van der Waals surface area contributed by atoms with Gasteiger partial charge in [0.05, 0.1) is 12.6 Å². The van der Waals surface area contributed by atoms with E-state index in [1.807, 2.05) is 50.3 Å². The van der Waals surface area contributed by atoms with Crippen molar-refractivity contribution in [1.29, 1.82) is 0 Å². The highest BCUT2D eigenvalue weighted by molar-refractivity contribution is 5.89. The zero-order valence-corrected chi connectivity index (χ0v) is 21.1. The number of aliphatic hydroxyl groups is 1. The summed E-state index contributed by atoms with van der Waals surface area (Å²) in [6.45, 7) is 4.30. The summed E-state index contributed by atoms with van der Waals surface area (Å²) in [6.07, 6.45) is 10.1. The topological polar surface area (TPSA) is 126 Å². The highest BCUT2D eigenvalue weighted by Crippen LogP contribution is 2.32. The van der Waals surface area contributed by atoms with Crippen molar-refractivity contribution in [3.8, 4) is 5.88 Å². The smallest absolute Gasteiger partial charge is 0.326 e. The predicted molar refractivity (Wildman–Crippen MR) is 138 cm³/mol. The second-order valence-electron chi connectivity index (χ2n) is 10.9. The van der Waals surface area contributed by atoms with Gasteiger partial charge in [-0.05, 0) is 53.7 Å². The molecule has 3 atom stereocenters. The fourth-order valence-electron chi connectivity index (χ4n) is 5.16. The molecule has 0 spiro atoms. The zero-order valence-electron chi connectivity index (χ0n) is 21.1. The van der Waals surface area contributed by atoms with Crippen LogP contribution in [0.25, 0.3) is 16.8 Å². The second-order valence-corrected chi connectivity index (χ2v) is 10.9. The van der Waals surface area contributed by atoms with Gasteiger partial charge in [0.1, 0.15) is 12.1 Å². The maximum Gasteiger partial charge on any atom is 0.326 e. The summed E-state index contributed by atoms with van der Waals surface area (Å²) in [7, 11) is 0. The van der Waals surface area contributed by atoms with Crippen molar-refractivity contribution in [3.63, 3.8) is 0 Å². The molecular formula is C28H37N3O5. The van der Waals surface area contributed by atoms with Crippen LogP contribution in [0.2, 0.25) is 0 Å². The number of amides is 1. The molecule has 2 aliphatic rings. The number of aliphatic carboxylic acids is 1. The van der Waals surface area contributed by atoms with E-state index in [9.17, 15) is 19.8 Å². The van der Waals surface area contributed by atoms with Crippen LogP contribution in [0.1, 0.15) is 57.9 Å². The van der Waals surface area contributed by atoms with Crippen molar-refractivity contribution < 1.29 is 24.5 Å². The molecule has 4 N–H and O–H groups in total. The van der Waals surface area contributed by atoms with Gasteiger partial charge in [0.15, 0.2) is 0 Å². The third-order valence-corrected chi connectivity index (χ3v) is 7.46. The molecule has 36 heavy (non-hydrogen) atoms. The first-order valence-electron chi connectivity index (χ1n) is 12.8. The first-order chi connectivity index (χ1) is 17.2. The normalized spacial score (nSPS) is 21.9. The maximum atomic E-state index is 13.1. The van der Waals surface area contributed by atoms with E-state index in [0.29, 0.717) is 5.88 Å². The number of carbonyl (C=O) groups is 2. The molecule has 194 valence electrons. The molecule has 2 aromatic rings. The third-order valence-electron chi connectivity index (χ3n) is 7.46. The van der Waals surface area contributed by atoms with E-state index in [1.54, 1.807) is 6.20 Å². The molecule has 0 unspecified atom stereocenters. The van der Waals surface area contributed by atoms with Crippen molar-refractivity contribution in [3.05, 3.63) is 42.1 Å². The molecule has 1 aliphatic heterocycles. The number of hydrogen-bond donors (Lipinski definition) is 3. The maximum absolute atomic E-state index is 13.1. The van der Waals surface area contributed by atoms with Crippen LogP contribution in [-0.2, 0) is 9.59 Å². The summed E-state index contributed by atoms with van der Waals surface area (Å²) in [6, 6.07) is 6.26. The van der Waals surface area contributed by atoms with Crippen LogP contribution in [-0.4, -0.2) is 63.3 Å².